The standard InChI is InChI=1S/C15H17FN2O2/c1-20-7-6-17-14(19)15(4-5-15)12-9-18-13-8-10(16)2-3-11(12)13/h2-3,8-9,18H,4-7H2,1H3,(H,17,19). The van der Waals surface area contributed by atoms with E-state index in [0.29, 0.717) is 13.2 Å². The molecule has 2 aromatic rings. The molecule has 1 aromatic heterocycles. The molecule has 2 N–H and O–H groups in total. The number of hydrogen-bond donors (Lipinski definition) is 2. The lowest BCUT2D eigenvalue weighted by Gasteiger charge is -2.14. The molecule has 1 heterocycles. The number of nitrogens with one attached hydrogen (secondary N) is 2. The molecular weight excluding hydrogens is 259 g/mol. The fourth-order valence-corrected chi connectivity index (χ4v) is 2.67. The van der Waals surface area contributed by atoms with Crippen molar-refractivity contribution in [2.24, 2.45) is 0 Å². The number of methoxy groups -OCH3 is 1. The Morgan fingerprint density at radius 2 is 2.30 bits per heavy atom. The van der Waals surface area contributed by atoms with Gasteiger partial charge in [-0.15, -0.1) is 0 Å². The molecule has 3 rings (SSSR count). The molecule has 0 saturated heterocycles. The van der Waals surface area contributed by atoms with E-state index in [1.54, 1.807) is 13.2 Å². The van der Waals surface area contributed by atoms with E-state index in [1.807, 2.05) is 6.20 Å². The first-order valence-electron chi connectivity index (χ1n) is 6.72. The first-order chi connectivity index (χ1) is 9.67. The van der Waals surface area contributed by atoms with Crippen molar-refractivity contribution in [3.8, 4) is 0 Å². The summed E-state index contributed by atoms with van der Waals surface area (Å²) >= 11 is 0. The summed E-state index contributed by atoms with van der Waals surface area (Å²) in [6.45, 7) is 1.01. The van der Waals surface area contributed by atoms with Crippen molar-refractivity contribution >= 4 is 16.8 Å². The van der Waals surface area contributed by atoms with Crippen LogP contribution in [0.2, 0.25) is 0 Å². The van der Waals surface area contributed by atoms with Crippen LogP contribution in [-0.2, 0) is 14.9 Å². The van der Waals surface area contributed by atoms with Crippen molar-refractivity contribution in [1.29, 1.82) is 0 Å². The Bertz CT molecular complexity index is 646. The molecule has 1 aromatic carbocycles. The average Bonchev–Trinajstić information content (AvgIpc) is 3.14. The van der Waals surface area contributed by atoms with E-state index in [2.05, 4.69) is 10.3 Å². The second-order valence-corrected chi connectivity index (χ2v) is 5.22. The van der Waals surface area contributed by atoms with Crippen LogP contribution in [-0.4, -0.2) is 31.2 Å². The third kappa shape index (κ3) is 2.08. The summed E-state index contributed by atoms with van der Waals surface area (Å²) in [6, 6.07) is 4.62. The zero-order valence-corrected chi connectivity index (χ0v) is 11.3. The number of aromatic nitrogens is 1. The Morgan fingerprint density at radius 3 is 3.00 bits per heavy atom. The molecule has 0 radical (unpaired) electrons. The number of H-pyrrole nitrogens is 1. The van der Waals surface area contributed by atoms with Gasteiger partial charge in [-0.25, -0.2) is 4.39 Å². The summed E-state index contributed by atoms with van der Waals surface area (Å²) in [5, 5.41) is 3.82. The third-order valence-electron chi connectivity index (χ3n) is 3.94. The van der Waals surface area contributed by atoms with Crippen molar-refractivity contribution in [3.05, 3.63) is 35.8 Å². The fourth-order valence-electron chi connectivity index (χ4n) is 2.67. The molecule has 1 aliphatic carbocycles. The number of benzene rings is 1. The van der Waals surface area contributed by atoms with E-state index in [1.165, 1.54) is 12.1 Å². The highest BCUT2D eigenvalue weighted by Crippen LogP contribution is 2.50. The second kappa shape index (κ2) is 4.90. The van der Waals surface area contributed by atoms with Gasteiger partial charge in [0.05, 0.1) is 12.0 Å². The molecule has 1 fully saturated rings. The number of amides is 1. The van der Waals surface area contributed by atoms with Gasteiger partial charge < -0.3 is 15.0 Å². The van der Waals surface area contributed by atoms with Crippen LogP contribution in [0.5, 0.6) is 0 Å². The molecule has 0 aliphatic heterocycles. The second-order valence-electron chi connectivity index (χ2n) is 5.22. The molecule has 5 heteroatoms. The lowest BCUT2D eigenvalue weighted by Crippen LogP contribution is -2.36. The summed E-state index contributed by atoms with van der Waals surface area (Å²) in [7, 11) is 1.60. The molecule has 0 atom stereocenters. The maximum absolute atomic E-state index is 13.2. The van der Waals surface area contributed by atoms with E-state index >= 15 is 0 Å². The Balaban J connectivity index is 1.88. The van der Waals surface area contributed by atoms with E-state index in [-0.39, 0.29) is 11.7 Å². The summed E-state index contributed by atoms with van der Waals surface area (Å²) in [5.41, 5.74) is 1.24. The largest absolute Gasteiger partial charge is 0.383 e. The van der Waals surface area contributed by atoms with Crippen LogP contribution in [0, 0.1) is 5.82 Å². The van der Waals surface area contributed by atoms with Gasteiger partial charge in [-0.1, -0.05) is 0 Å². The molecule has 106 valence electrons. The van der Waals surface area contributed by atoms with Crippen molar-refractivity contribution in [1.82, 2.24) is 10.3 Å². The molecule has 1 amide bonds. The first-order valence-corrected chi connectivity index (χ1v) is 6.72. The van der Waals surface area contributed by atoms with Crippen LogP contribution in [0.1, 0.15) is 18.4 Å². The summed E-state index contributed by atoms with van der Waals surface area (Å²) in [5.74, 6) is -0.250. The molecule has 1 aliphatic rings. The predicted molar refractivity (Wildman–Crippen MR) is 74.1 cm³/mol. The quantitative estimate of drug-likeness (QED) is 0.822. The minimum absolute atomic E-state index is 0.0276. The molecule has 0 bridgehead atoms. The van der Waals surface area contributed by atoms with Crippen molar-refractivity contribution < 1.29 is 13.9 Å². The van der Waals surface area contributed by atoms with Gasteiger partial charge in [-0.3, -0.25) is 4.79 Å². The molecule has 0 unspecified atom stereocenters. The number of hydrogen-bond acceptors (Lipinski definition) is 2. The van der Waals surface area contributed by atoms with Gasteiger partial charge in [0.2, 0.25) is 5.91 Å². The molecule has 0 spiro atoms. The number of rotatable bonds is 5. The SMILES string of the molecule is COCCNC(=O)C1(c2c[nH]c3cc(F)ccc23)CC1. The predicted octanol–water partition coefficient (Wildman–Crippen LogP) is 2.10. The van der Waals surface area contributed by atoms with Crippen molar-refractivity contribution in [3.63, 3.8) is 0 Å². The van der Waals surface area contributed by atoms with Crippen LogP contribution >= 0.6 is 0 Å². The molecule has 20 heavy (non-hydrogen) atoms. The van der Waals surface area contributed by atoms with E-state index in [0.717, 1.165) is 29.3 Å². The molecular formula is C15H17FN2O2. The van der Waals surface area contributed by atoms with Crippen LogP contribution in [0.15, 0.2) is 24.4 Å². The van der Waals surface area contributed by atoms with Gasteiger partial charge in [-0.05, 0) is 36.6 Å². The van der Waals surface area contributed by atoms with Crippen molar-refractivity contribution in [2.75, 3.05) is 20.3 Å². The van der Waals surface area contributed by atoms with Crippen LogP contribution in [0.25, 0.3) is 10.9 Å². The number of carbonyl (C=O) groups is 1. The van der Waals surface area contributed by atoms with Gasteiger partial charge in [0, 0.05) is 30.8 Å². The summed E-state index contributed by atoms with van der Waals surface area (Å²) in [6.07, 6.45) is 3.49. The molecule has 1 saturated carbocycles. The highest BCUT2D eigenvalue weighted by atomic mass is 19.1. The minimum Gasteiger partial charge on any atom is -0.383 e. The van der Waals surface area contributed by atoms with Gasteiger partial charge >= 0.3 is 0 Å². The maximum atomic E-state index is 13.2. The topological polar surface area (TPSA) is 54.1 Å². The van der Waals surface area contributed by atoms with E-state index < -0.39 is 5.41 Å². The van der Waals surface area contributed by atoms with E-state index in [4.69, 9.17) is 4.74 Å². The Labute approximate surface area is 116 Å². The maximum Gasteiger partial charge on any atom is 0.230 e. The normalized spacial score (nSPS) is 16.3. The minimum atomic E-state index is -0.455. The van der Waals surface area contributed by atoms with Crippen LogP contribution in [0.4, 0.5) is 4.39 Å². The number of carbonyl (C=O) groups excluding carboxylic acids is 1. The van der Waals surface area contributed by atoms with Gasteiger partial charge in [0.15, 0.2) is 0 Å². The highest BCUT2D eigenvalue weighted by Gasteiger charge is 2.52. The van der Waals surface area contributed by atoms with Crippen LogP contribution in [0.3, 0.4) is 0 Å². The Hall–Kier alpha value is -1.88. The average molecular weight is 276 g/mol. The molecule has 4 nitrogen and oxygen atoms in total. The fraction of sp³-hybridized carbons (Fsp3) is 0.400. The lowest BCUT2D eigenvalue weighted by atomic mass is 9.94. The first kappa shape index (κ1) is 13.1. The number of aromatic amines is 1. The summed E-state index contributed by atoms with van der Waals surface area (Å²) in [4.78, 5) is 15.4. The number of ether oxygens (including phenoxy) is 1. The van der Waals surface area contributed by atoms with Crippen molar-refractivity contribution in [2.45, 2.75) is 18.3 Å². The zero-order valence-electron chi connectivity index (χ0n) is 11.3. The number of fused-ring (bicyclic) bond motifs is 1. The monoisotopic (exact) mass is 276 g/mol. The zero-order chi connectivity index (χ0) is 14.2. The van der Waals surface area contributed by atoms with Crippen LogP contribution < -0.4 is 5.32 Å². The Morgan fingerprint density at radius 1 is 1.50 bits per heavy atom. The summed E-state index contributed by atoms with van der Waals surface area (Å²) < 4.78 is 18.1. The Kier molecular flexibility index (Phi) is 3.22. The smallest absolute Gasteiger partial charge is 0.230 e. The third-order valence-corrected chi connectivity index (χ3v) is 3.94. The van der Waals surface area contributed by atoms with Gasteiger partial charge in [-0.2, -0.15) is 0 Å². The van der Waals surface area contributed by atoms with Gasteiger partial charge in [0.1, 0.15) is 5.82 Å². The lowest BCUT2D eigenvalue weighted by molar-refractivity contribution is -0.123. The van der Waals surface area contributed by atoms with E-state index in [9.17, 15) is 9.18 Å². The number of halogens is 1. The highest BCUT2D eigenvalue weighted by molar-refractivity contribution is 5.97. The van der Waals surface area contributed by atoms with Gasteiger partial charge in [0.25, 0.3) is 0 Å².